The Balaban J connectivity index is 1.89. The first kappa shape index (κ1) is 18.1. The van der Waals surface area contributed by atoms with Gasteiger partial charge in [0, 0.05) is 39.8 Å². The average molecular weight is 332 g/mol. The molecule has 1 heterocycles. The lowest BCUT2D eigenvalue weighted by Gasteiger charge is -2.29. The smallest absolute Gasteiger partial charge is 0.191 e. The Morgan fingerprint density at radius 2 is 1.96 bits per heavy atom. The third kappa shape index (κ3) is 4.64. The minimum absolute atomic E-state index is 0.707. The van der Waals surface area contributed by atoms with Gasteiger partial charge in [0.15, 0.2) is 17.5 Å². The van der Waals surface area contributed by atoms with E-state index >= 15 is 0 Å². The number of methoxy groups -OCH3 is 2. The van der Waals surface area contributed by atoms with E-state index in [0.717, 1.165) is 50.1 Å². The molecule has 1 aromatic rings. The van der Waals surface area contributed by atoms with Crippen LogP contribution in [0.15, 0.2) is 29.8 Å². The van der Waals surface area contributed by atoms with Crippen LogP contribution in [0.4, 0.5) is 0 Å². The summed E-state index contributed by atoms with van der Waals surface area (Å²) < 4.78 is 10.8. The first-order chi connectivity index (χ1) is 11.7. The van der Waals surface area contributed by atoms with Crippen molar-refractivity contribution >= 4 is 5.96 Å². The molecule has 0 saturated carbocycles. The van der Waals surface area contributed by atoms with Gasteiger partial charge in [-0.05, 0) is 29.7 Å². The summed E-state index contributed by atoms with van der Waals surface area (Å²) in [4.78, 5) is 6.62. The highest BCUT2D eigenvalue weighted by atomic mass is 16.5. The zero-order chi connectivity index (χ0) is 17.4. The molecule has 2 rings (SSSR count). The number of hydrogen-bond acceptors (Lipinski definition) is 4. The standard InChI is InChI=1S/C18H28N4O2/c1-5-7-20-18(19-2)21-8-10-22-9-6-14-11-16(23-3)17(24-4)12-15(14)13-22/h5,11-12H,1,6-10,13H2,2-4H3,(H2,19,20,21). The summed E-state index contributed by atoms with van der Waals surface area (Å²) in [7, 11) is 5.13. The van der Waals surface area contributed by atoms with E-state index in [1.54, 1.807) is 21.3 Å². The molecule has 0 amide bonds. The molecule has 0 atom stereocenters. The Morgan fingerprint density at radius 1 is 1.25 bits per heavy atom. The van der Waals surface area contributed by atoms with Crippen molar-refractivity contribution in [3.8, 4) is 11.5 Å². The van der Waals surface area contributed by atoms with Gasteiger partial charge in [-0.15, -0.1) is 6.58 Å². The Labute approximate surface area is 144 Å². The van der Waals surface area contributed by atoms with E-state index in [4.69, 9.17) is 9.47 Å². The molecule has 0 unspecified atom stereocenters. The van der Waals surface area contributed by atoms with Crippen LogP contribution in [0.2, 0.25) is 0 Å². The largest absolute Gasteiger partial charge is 0.493 e. The SMILES string of the molecule is C=CCNC(=NC)NCCN1CCc2cc(OC)c(OC)cc2C1. The van der Waals surface area contributed by atoms with Gasteiger partial charge in [0.1, 0.15) is 0 Å². The van der Waals surface area contributed by atoms with Crippen molar-refractivity contribution in [2.45, 2.75) is 13.0 Å². The molecule has 0 bridgehead atoms. The molecule has 0 spiro atoms. The van der Waals surface area contributed by atoms with E-state index in [9.17, 15) is 0 Å². The van der Waals surface area contributed by atoms with Gasteiger partial charge < -0.3 is 20.1 Å². The minimum Gasteiger partial charge on any atom is -0.493 e. The van der Waals surface area contributed by atoms with Crippen molar-refractivity contribution in [1.29, 1.82) is 0 Å². The van der Waals surface area contributed by atoms with Gasteiger partial charge in [0.2, 0.25) is 0 Å². The van der Waals surface area contributed by atoms with Crippen LogP contribution >= 0.6 is 0 Å². The van der Waals surface area contributed by atoms with Crippen molar-refractivity contribution in [2.24, 2.45) is 4.99 Å². The van der Waals surface area contributed by atoms with Crippen molar-refractivity contribution < 1.29 is 9.47 Å². The molecule has 0 saturated heterocycles. The molecule has 1 aliphatic heterocycles. The van der Waals surface area contributed by atoms with Crippen LogP contribution in [0.25, 0.3) is 0 Å². The van der Waals surface area contributed by atoms with E-state index < -0.39 is 0 Å². The second kappa shape index (κ2) is 9.17. The van der Waals surface area contributed by atoms with E-state index in [0.29, 0.717) is 6.54 Å². The van der Waals surface area contributed by atoms with E-state index in [1.165, 1.54) is 11.1 Å². The van der Waals surface area contributed by atoms with Crippen molar-refractivity contribution in [3.63, 3.8) is 0 Å². The van der Waals surface area contributed by atoms with Crippen molar-refractivity contribution in [3.05, 3.63) is 35.9 Å². The monoisotopic (exact) mass is 332 g/mol. The Hall–Kier alpha value is -2.21. The van der Waals surface area contributed by atoms with Gasteiger partial charge in [0.05, 0.1) is 14.2 Å². The summed E-state index contributed by atoms with van der Waals surface area (Å²) in [6.45, 7) is 8.18. The number of hydrogen-bond donors (Lipinski definition) is 2. The van der Waals surface area contributed by atoms with Gasteiger partial charge >= 0.3 is 0 Å². The summed E-state index contributed by atoms with van der Waals surface area (Å²) in [6.07, 6.45) is 2.84. The van der Waals surface area contributed by atoms with Crippen LogP contribution < -0.4 is 20.1 Å². The molecule has 6 nitrogen and oxygen atoms in total. The maximum atomic E-state index is 5.41. The minimum atomic E-state index is 0.707. The predicted molar refractivity (Wildman–Crippen MR) is 98.1 cm³/mol. The maximum absolute atomic E-state index is 5.41. The van der Waals surface area contributed by atoms with Crippen LogP contribution in [0.5, 0.6) is 11.5 Å². The zero-order valence-electron chi connectivity index (χ0n) is 14.9. The molecular weight excluding hydrogens is 304 g/mol. The van der Waals surface area contributed by atoms with Crippen LogP contribution in [-0.2, 0) is 13.0 Å². The number of benzene rings is 1. The van der Waals surface area contributed by atoms with Crippen molar-refractivity contribution in [2.75, 3.05) is 47.4 Å². The van der Waals surface area contributed by atoms with Gasteiger partial charge in [-0.3, -0.25) is 9.89 Å². The fourth-order valence-corrected chi connectivity index (χ4v) is 2.85. The Morgan fingerprint density at radius 3 is 2.58 bits per heavy atom. The average Bonchev–Trinajstić information content (AvgIpc) is 2.63. The Kier molecular flexibility index (Phi) is 6.93. The molecule has 1 aromatic carbocycles. The molecule has 0 fully saturated rings. The molecule has 1 aliphatic rings. The number of ether oxygens (including phenoxy) is 2. The third-order valence-corrected chi connectivity index (χ3v) is 4.16. The highest BCUT2D eigenvalue weighted by Gasteiger charge is 2.19. The third-order valence-electron chi connectivity index (χ3n) is 4.16. The van der Waals surface area contributed by atoms with Crippen LogP contribution in [0.3, 0.4) is 0 Å². The summed E-state index contributed by atoms with van der Waals surface area (Å²) >= 11 is 0. The number of nitrogens with zero attached hydrogens (tertiary/aromatic N) is 2. The number of guanidine groups is 1. The van der Waals surface area contributed by atoms with Gasteiger partial charge in [-0.25, -0.2) is 0 Å². The van der Waals surface area contributed by atoms with E-state index in [1.807, 2.05) is 6.08 Å². The summed E-state index contributed by atoms with van der Waals surface area (Å²) in [5.74, 6) is 2.41. The quantitative estimate of drug-likeness (QED) is 0.449. The number of fused-ring (bicyclic) bond motifs is 1. The highest BCUT2D eigenvalue weighted by molar-refractivity contribution is 5.79. The lowest BCUT2D eigenvalue weighted by atomic mass is 9.99. The second-order valence-electron chi connectivity index (χ2n) is 5.67. The van der Waals surface area contributed by atoms with Crippen LogP contribution in [-0.4, -0.2) is 58.3 Å². The van der Waals surface area contributed by atoms with E-state index in [-0.39, 0.29) is 0 Å². The zero-order valence-corrected chi connectivity index (χ0v) is 14.9. The lowest BCUT2D eigenvalue weighted by molar-refractivity contribution is 0.256. The fourth-order valence-electron chi connectivity index (χ4n) is 2.85. The van der Waals surface area contributed by atoms with E-state index in [2.05, 4.69) is 39.2 Å². The Bertz CT molecular complexity index is 587. The number of rotatable bonds is 7. The van der Waals surface area contributed by atoms with Crippen LogP contribution in [0, 0.1) is 0 Å². The lowest BCUT2D eigenvalue weighted by Crippen LogP contribution is -2.42. The summed E-state index contributed by atoms with van der Waals surface area (Å²) in [5, 5.41) is 6.49. The highest BCUT2D eigenvalue weighted by Crippen LogP contribution is 2.33. The molecule has 2 N–H and O–H groups in total. The molecule has 0 radical (unpaired) electrons. The summed E-state index contributed by atoms with van der Waals surface area (Å²) in [6, 6.07) is 4.20. The molecule has 24 heavy (non-hydrogen) atoms. The maximum Gasteiger partial charge on any atom is 0.191 e. The normalized spacial score (nSPS) is 14.7. The number of aliphatic imine (C=N–C) groups is 1. The van der Waals surface area contributed by atoms with Crippen LogP contribution in [0.1, 0.15) is 11.1 Å². The molecular formula is C18H28N4O2. The van der Waals surface area contributed by atoms with Gasteiger partial charge in [0.25, 0.3) is 0 Å². The summed E-state index contributed by atoms with van der Waals surface area (Å²) in [5.41, 5.74) is 2.66. The first-order valence-corrected chi connectivity index (χ1v) is 8.23. The topological polar surface area (TPSA) is 58.1 Å². The second-order valence-corrected chi connectivity index (χ2v) is 5.67. The predicted octanol–water partition coefficient (Wildman–Crippen LogP) is 1.41. The van der Waals surface area contributed by atoms with Crippen molar-refractivity contribution in [1.82, 2.24) is 15.5 Å². The number of nitrogens with one attached hydrogen (secondary N) is 2. The van der Waals surface area contributed by atoms with Gasteiger partial charge in [-0.1, -0.05) is 6.08 Å². The molecule has 6 heteroatoms. The fraction of sp³-hybridized carbons (Fsp3) is 0.500. The molecule has 0 aromatic heterocycles. The molecule has 132 valence electrons. The molecule has 0 aliphatic carbocycles. The first-order valence-electron chi connectivity index (χ1n) is 8.23. The van der Waals surface area contributed by atoms with Gasteiger partial charge in [-0.2, -0.15) is 0 Å².